The van der Waals surface area contributed by atoms with Crippen LogP contribution in [0.4, 0.5) is 5.00 Å². The molecule has 1 heterocycles. The van der Waals surface area contributed by atoms with Crippen molar-refractivity contribution in [2.75, 3.05) is 12.4 Å². The first-order valence-corrected chi connectivity index (χ1v) is 11.0. The number of anilines is 1. The number of amides is 1. The molecule has 2 aromatic rings. The number of carbonyl (C=O) groups is 2. The SMILES string of the molecule is CC[C@H]1CCc2c(sc(NC(=O)[C@@H](C)Oc3ccc(Cl)cc3C)c2C(=O)OC)C1. The van der Waals surface area contributed by atoms with Crippen LogP contribution < -0.4 is 10.1 Å². The van der Waals surface area contributed by atoms with Crippen molar-refractivity contribution in [1.82, 2.24) is 0 Å². The summed E-state index contributed by atoms with van der Waals surface area (Å²) < 4.78 is 10.8. The third-order valence-electron chi connectivity index (χ3n) is 5.38. The van der Waals surface area contributed by atoms with Gasteiger partial charge in [-0.05, 0) is 68.4 Å². The molecule has 0 aliphatic heterocycles. The van der Waals surface area contributed by atoms with Crippen molar-refractivity contribution >= 4 is 39.8 Å². The molecule has 1 aliphatic rings. The second-order valence-corrected chi connectivity index (χ2v) is 8.92. The third kappa shape index (κ3) is 4.75. The molecule has 1 amide bonds. The van der Waals surface area contributed by atoms with E-state index in [2.05, 4.69) is 12.2 Å². The highest BCUT2D eigenvalue weighted by Crippen LogP contribution is 2.40. The number of thiophene rings is 1. The molecule has 0 fully saturated rings. The van der Waals surface area contributed by atoms with Crippen LogP contribution in [0.25, 0.3) is 0 Å². The number of methoxy groups -OCH3 is 1. The summed E-state index contributed by atoms with van der Waals surface area (Å²) in [6.45, 7) is 5.74. The van der Waals surface area contributed by atoms with E-state index in [-0.39, 0.29) is 5.91 Å². The normalized spacial score (nSPS) is 16.7. The lowest BCUT2D eigenvalue weighted by Crippen LogP contribution is -2.30. The second kappa shape index (κ2) is 9.18. The Hall–Kier alpha value is -2.05. The lowest BCUT2D eigenvalue weighted by atomic mass is 9.85. The highest BCUT2D eigenvalue weighted by Gasteiger charge is 2.30. The fourth-order valence-corrected chi connectivity index (χ4v) is 5.19. The molecule has 0 unspecified atom stereocenters. The van der Waals surface area contributed by atoms with Crippen molar-refractivity contribution in [2.24, 2.45) is 5.92 Å². The van der Waals surface area contributed by atoms with E-state index in [4.69, 9.17) is 21.1 Å². The van der Waals surface area contributed by atoms with Gasteiger partial charge in [0.15, 0.2) is 6.10 Å². The number of aryl methyl sites for hydroxylation is 1. The number of ether oxygens (including phenoxy) is 2. The van der Waals surface area contributed by atoms with E-state index in [1.165, 1.54) is 23.3 Å². The van der Waals surface area contributed by atoms with Gasteiger partial charge >= 0.3 is 5.97 Å². The number of nitrogens with one attached hydrogen (secondary N) is 1. The lowest BCUT2D eigenvalue weighted by molar-refractivity contribution is -0.122. The number of benzene rings is 1. The molecule has 0 saturated carbocycles. The van der Waals surface area contributed by atoms with Crippen molar-refractivity contribution in [3.8, 4) is 5.75 Å². The average molecular weight is 436 g/mol. The molecule has 1 N–H and O–H groups in total. The maximum Gasteiger partial charge on any atom is 0.341 e. The Bertz CT molecular complexity index is 924. The smallest absolute Gasteiger partial charge is 0.341 e. The molecule has 3 rings (SSSR count). The van der Waals surface area contributed by atoms with Crippen LogP contribution in [0.2, 0.25) is 5.02 Å². The fourth-order valence-electron chi connectivity index (χ4n) is 3.61. The Morgan fingerprint density at radius 3 is 2.79 bits per heavy atom. The first-order chi connectivity index (χ1) is 13.8. The summed E-state index contributed by atoms with van der Waals surface area (Å²) in [7, 11) is 1.37. The predicted molar refractivity (Wildman–Crippen MR) is 116 cm³/mol. The monoisotopic (exact) mass is 435 g/mol. The molecule has 1 aromatic heterocycles. The molecule has 0 bridgehead atoms. The molecule has 7 heteroatoms. The molecule has 0 spiro atoms. The van der Waals surface area contributed by atoms with E-state index in [1.54, 1.807) is 25.1 Å². The second-order valence-electron chi connectivity index (χ2n) is 7.38. The number of esters is 1. The molecular weight excluding hydrogens is 410 g/mol. The summed E-state index contributed by atoms with van der Waals surface area (Å²) in [5, 5.41) is 4.06. The molecule has 0 radical (unpaired) electrons. The Balaban J connectivity index is 1.80. The zero-order chi connectivity index (χ0) is 21.1. The molecular formula is C22H26ClNO4S. The molecule has 2 atom stereocenters. The topological polar surface area (TPSA) is 64.6 Å². The highest BCUT2D eigenvalue weighted by molar-refractivity contribution is 7.17. The minimum Gasteiger partial charge on any atom is -0.481 e. The van der Waals surface area contributed by atoms with Gasteiger partial charge in [-0.1, -0.05) is 24.9 Å². The van der Waals surface area contributed by atoms with Crippen LogP contribution in [0, 0.1) is 12.8 Å². The molecule has 5 nitrogen and oxygen atoms in total. The van der Waals surface area contributed by atoms with Gasteiger partial charge in [0.25, 0.3) is 5.91 Å². The van der Waals surface area contributed by atoms with Gasteiger partial charge in [-0.25, -0.2) is 4.79 Å². The van der Waals surface area contributed by atoms with Gasteiger partial charge in [-0.3, -0.25) is 4.79 Å². The minimum atomic E-state index is -0.733. The number of fused-ring (bicyclic) bond motifs is 1. The summed E-state index contributed by atoms with van der Waals surface area (Å²) in [4.78, 5) is 26.4. The molecule has 156 valence electrons. The van der Waals surface area contributed by atoms with Crippen LogP contribution in [-0.4, -0.2) is 25.1 Å². The van der Waals surface area contributed by atoms with Crippen molar-refractivity contribution < 1.29 is 19.1 Å². The summed E-state index contributed by atoms with van der Waals surface area (Å²) in [6, 6.07) is 5.26. The molecule has 29 heavy (non-hydrogen) atoms. The Labute approximate surface area is 180 Å². The molecule has 0 saturated heterocycles. The van der Waals surface area contributed by atoms with Crippen LogP contribution >= 0.6 is 22.9 Å². The van der Waals surface area contributed by atoms with Crippen LogP contribution in [-0.2, 0) is 22.4 Å². The number of carbonyl (C=O) groups excluding carboxylic acids is 2. The van der Waals surface area contributed by atoms with Gasteiger partial charge in [0, 0.05) is 9.90 Å². The van der Waals surface area contributed by atoms with Crippen LogP contribution in [0.1, 0.15) is 53.1 Å². The van der Waals surface area contributed by atoms with Gasteiger partial charge in [-0.2, -0.15) is 0 Å². The van der Waals surface area contributed by atoms with Crippen LogP contribution in [0.15, 0.2) is 18.2 Å². The molecule has 1 aliphatic carbocycles. The maximum atomic E-state index is 12.8. The lowest BCUT2D eigenvalue weighted by Gasteiger charge is -2.20. The fraction of sp³-hybridized carbons (Fsp3) is 0.455. The zero-order valence-electron chi connectivity index (χ0n) is 17.1. The van der Waals surface area contributed by atoms with Crippen LogP contribution in [0.5, 0.6) is 5.75 Å². The van der Waals surface area contributed by atoms with E-state index < -0.39 is 12.1 Å². The minimum absolute atomic E-state index is 0.310. The predicted octanol–water partition coefficient (Wildman–Crippen LogP) is 5.42. The standard InChI is InChI=1S/C22H26ClNO4S/c1-5-14-6-8-16-18(11-14)29-21(19(16)22(26)27-4)24-20(25)13(3)28-17-9-7-15(23)10-12(17)2/h7,9-10,13-14H,5-6,8,11H2,1-4H3,(H,24,25)/t13-,14+/m1/s1. The Morgan fingerprint density at radius 2 is 2.14 bits per heavy atom. The van der Waals surface area contributed by atoms with Crippen molar-refractivity contribution in [3.05, 3.63) is 44.8 Å². The largest absolute Gasteiger partial charge is 0.481 e. The Morgan fingerprint density at radius 1 is 1.38 bits per heavy atom. The van der Waals surface area contributed by atoms with Gasteiger partial charge in [0.1, 0.15) is 10.8 Å². The first kappa shape index (κ1) is 21.7. The third-order valence-corrected chi connectivity index (χ3v) is 6.79. The highest BCUT2D eigenvalue weighted by atomic mass is 35.5. The summed E-state index contributed by atoms with van der Waals surface area (Å²) in [5.74, 6) is 0.497. The van der Waals surface area contributed by atoms with E-state index in [0.29, 0.717) is 27.3 Å². The average Bonchev–Trinajstić information content (AvgIpc) is 3.06. The van der Waals surface area contributed by atoms with E-state index >= 15 is 0 Å². The number of rotatable bonds is 6. The number of hydrogen-bond acceptors (Lipinski definition) is 5. The first-order valence-electron chi connectivity index (χ1n) is 9.80. The Kier molecular flexibility index (Phi) is 6.85. The van der Waals surface area contributed by atoms with Crippen molar-refractivity contribution in [1.29, 1.82) is 0 Å². The van der Waals surface area contributed by atoms with Crippen LogP contribution in [0.3, 0.4) is 0 Å². The summed E-state index contributed by atoms with van der Waals surface area (Å²) in [5.41, 5.74) is 2.36. The van der Waals surface area contributed by atoms with Crippen molar-refractivity contribution in [3.63, 3.8) is 0 Å². The van der Waals surface area contributed by atoms with Gasteiger partial charge < -0.3 is 14.8 Å². The van der Waals surface area contributed by atoms with Gasteiger partial charge in [0.2, 0.25) is 0 Å². The number of halogens is 1. The van der Waals surface area contributed by atoms with E-state index in [0.717, 1.165) is 36.8 Å². The zero-order valence-corrected chi connectivity index (χ0v) is 18.7. The number of hydrogen-bond donors (Lipinski definition) is 1. The van der Waals surface area contributed by atoms with Gasteiger partial charge in [-0.15, -0.1) is 11.3 Å². The van der Waals surface area contributed by atoms with E-state index in [1.807, 2.05) is 6.92 Å². The maximum absolute atomic E-state index is 12.8. The van der Waals surface area contributed by atoms with Gasteiger partial charge in [0.05, 0.1) is 12.7 Å². The van der Waals surface area contributed by atoms with Crippen molar-refractivity contribution in [2.45, 2.75) is 52.6 Å². The summed E-state index contributed by atoms with van der Waals surface area (Å²) in [6.07, 6.45) is 3.20. The molecule has 1 aromatic carbocycles. The van der Waals surface area contributed by atoms with E-state index in [9.17, 15) is 9.59 Å². The summed E-state index contributed by atoms with van der Waals surface area (Å²) >= 11 is 7.45. The quantitative estimate of drug-likeness (QED) is 0.615.